The highest BCUT2D eigenvalue weighted by Gasteiger charge is 2.42. The molecule has 3 nitrogen and oxygen atoms in total. The summed E-state index contributed by atoms with van der Waals surface area (Å²) in [6.07, 6.45) is 0.343. The van der Waals surface area contributed by atoms with E-state index in [4.69, 9.17) is 0 Å². The lowest BCUT2D eigenvalue weighted by Gasteiger charge is -2.20. The van der Waals surface area contributed by atoms with E-state index >= 15 is 0 Å². The molecule has 2 fully saturated rings. The van der Waals surface area contributed by atoms with E-state index in [9.17, 15) is 13.2 Å². The fourth-order valence-electron chi connectivity index (χ4n) is 2.60. The predicted octanol–water partition coefficient (Wildman–Crippen LogP) is 3.74. The zero-order chi connectivity index (χ0) is 14.3. The zero-order valence-electron chi connectivity index (χ0n) is 11.3. The maximum absolute atomic E-state index is 12.9. The number of hydrogen-bond acceptors (Lipinski definition) is 3. The van der Waals surface area contributed by atoms with Crippen LogP contribution in [0.5, 0.6) is 0 Å². The largest absolute Gasteiger partial charge is 0.416 e. The second-order valence-corrected chi connectivity index (χ2v) is 5.72. The first-order valence-corrected chi connectivity index (χ1v) is 7.01. The fraction of sp³-hybridized carbons (Fsp3) is 0.643. The smallest absolute Gasteiger partial charge is 0.373 e. The van der Waals surface area contributed by atoms with Gasteiger partial charge in [0.1, 0.15) is 11.6 Å². The van der Waals surface area contributed by atoms with E-state index in [0.29, 0.717) is 17.7 Å². The van der Waals surface area contributed by atoms with Crippen molar-refractivity contribution in [2.75, 3.05) is 17.7 Å². The van der Waals surface area contributed by atoms with Gasteiger partial charge in [-0.3, -0.25) is 0 Å². The molecule has 3 rings (SSSR count). The van der Waals surface area contributed by atoms with Gasteiger partial charge in [-0.15, -0.1) is 0 Å². The summed E-state index contributed by atoms with van der Waals surface area (Å²) in [5.41, 5.74) is -0.662. The highest BCUT2D eigenvalue weighted by atomic mass is 19.4. The van der Waals surface area contributed by atoms with Crippen LogP contribution in [0, 0.1) is 11.8 Å². The lowest BCUT2D eigenvalue weighted by atomic mass is 10.1. The van der Waals surface area contributed by atoms with Gasteiger partial charge in [-0.25, -0.2) is 4.98 Å². The van der Waals surface area contributed by atoms with E-state index in [2.05, 4.69) is 15.6 Å². The molecule has 0 radical (unpaired) electrons. The minimum atomic E-state index is -4.35. The number of anilines is 2. The summed E-state index contributed by atoms with van der Waals surface area (Å²) in [6, 6.07) is 2.43. The minimum Gasteiger partial charge on any atom is -0.373 e. The highest BCUT2D eigenvalue weighted by Crippen LogP contribution is 2.46. The molecule has 0 aromatic carbocycles. The van der Waals surface area contributed by atoms with Gasteiger partial charge in [-0.1, -0.05) is 0 Å². The number of halogens is 3. The molecule has 20 heavy (non-hydrogen) atoms. The molecule has 1 aromatic rings. The van der Waals surface area contributed by atoms with Gasteiger partial charge in [0.05, 0.1) is 5.56 Å². The Hall–Kier alpha value is -1.46. The maximum Gasteiger partial charge on any atom is 0.416 e. The molecule has 2 aliphatic carbocycles. The molecule has 1 heterocycles. The van der Waals surface area contributed by atoms with Crippen LogP contribution in [-0.4, -0.2) is 18.1 Å². The quantitative estimate of drug-likeness (QED) is 0.865. The zero-order valence-corrected chi connectivity index (χ0v) is 11.3. The monoisotopic (exact) mass is 285 g/mol. The Labute approximate surface area is 116 Å². The number of pyridine rings is 1. The normalized spacial score (nSPS) is 19.2. The van der Waals surface area contributed by atoms with Crippen molar-refractivity contribution in [1.29, 1.82) is 0 Å². The van der Waals surface area contributed by atoms with Gasteiger partial charge in [0.2, 0.25) is 0 Å². The molecule has 0 unspecified atom stereocenters. The molecule has 0 amide bonds. The highest BCUT2D eigenvalue weighted by molar-refractivity contribution is 5.50. The van der Waals surface area contributed by atoms with Crippen molar-refractivity contribution in [3.05, 3.63) is 17.7 Å². The van der Waals surface area contributed by atoms with E-state index < -0.39 is 11.7 Å². The summed E-state index contributed by atoms with van der Waals surface area (Å²) < 4.78 is 38.6. The van der Waals surface area contributed by atoms with Crippen LogP contribution in [0.1, 0.15) is 31.2 Å². The molecular weight excluding hydrogens is 267 g/mol. The fourth-order valence-corrected chi connectivity index (χ4v) is 2.60. The molecule has 0 saturated heterocycles. The average Bonchev–Trinajstić information content (AvgIpc) is 3.27. The maximum atomic E-state index is 12.9. The number of rotatable bonds is 5. The SMILES string of the molecule is CNc1cc(C(F)(F)F)cc(NC(C2CC2)C2CC2)n1. The van der Waals surface area contributed by atoms with Crippen LogP contribution in [0.2, 0.25) is 0 Å². The Kier molecular flexibility index (Phi) is 3.26. The summed E-state index contributed by atoms with van der Waals surface area (Å²) in [5, 5.41) is 5.93. The van der Waals surface area contributed by atoms with Crippen LogP contribution in [0.3, 0.4) is 0 Å². The average molecular weight is 285 g/mol. The van der Waals surface area contributed by atoms with E-state index in [1.807, 2.05) is 0 Å². The molecule has 2 N–H and O–H groups in total. The summed E-state index contributed by atoms with van der Waals surface area (Å²) in [4.78, 5) is 4.20. The predicted molar refractivity (Wildman–Crippen MR) is 71.6 cm³/mol. The van der Waals surface area contributed by atoms with Crippen molar-refractivity contribution in [1.82, 2.24) is 4.98 Å². The van der Waals surface area contributed by atoms with Crippen LogP contribution in [0.15, 0.2) is 12.1 Å². The van der Waals surface area contributed by atoms with Crippen LogP contribution in [0.4, 0.5) is 24.8 Å². The molecule has 110 valence electrons. The number of nitrogens with zero attached hydrogens (tertiary/aromatic N) is 1. The van der Waals surface area contributed by atoms with Crippen molar-refractivity contribution in [3.8, 4) is 0 Å². The lowest BCUT2D eigenvalue weighted by Crippen LogP contribution is -2.25. The second kappa shape index (κ2) is 4.82. The summed E-state index contributed by atoms with van der Waals surface area (Å²) >= 11 is 0. The standard InChI is InChI=1S/C14H18F3N3/c1-18-11-6-10(14(15,16)17)7-12(19-11)20-13(8-2-3-8)9-4-5-9/h6-9,13H,2-5H2,1H3,(H2,18,19,20). The van der Waals surface area contributed by atoms with Gasteiger partial charge < -0.3 is 10.6 Å². The van der Waals surface area contributed by atoms with E-state index in [0.717, 1.165) is 12.1 Å². The molecule has 0 bridgehead atoms. The Bertz CT molecular complexity index is 481. The molecule has 0 aliphatic heterocycles. The molecule has 2 aliphatic rings. The third kappa shape index (κ3) is 2.99. The van der Waals surface area contributed by atoms with E-state index in [1.54, 1.807) is 7.05 Å². The first-order valence-electron chi connectivity index (χ1n) is 7.01. The van der Waals surface area contributed by atoms with Crippen molar-refractivity contribution in [2.24, 2.45) is 11.8 Å². The van der Waals surface area contributed by atoms with Gasteiger partial charge in [0.15, 0.2) is 0 Å². The number of nitrogens with one attached hydrogen (secondary N) is 2. The van der Waals surface area contributed by atoms with Crippen LogP contribution < -0.4 is 10.6 Å². The van der Waals surface area contributed by atoms with Crippen LogP contribution in [0.25, 0.3) is 0 Å². The van der Waals surface area contributed by atoms with Crippen LogP contribution >= 0.6 is 0 Å². The van der Waals surface area contributed by atoms with Crippen molar-refractivity contribution in [2.45, 2.75) is 37.9 Å². The van der Waals surface area contributed by atoms with Gasteiger partial charge in [0.25, 0.3) is 0 Å². The molecule has 1 aromatic heterocycles. The van der Waals surface area contributed by atoms with E-state index in [-0.39, 0.29) is 11.9 Å². The van der Waals surface area contributed by atoms with Gasteiger partial charge in [-0.2, -0.15) is 13.2 Å². The van der Waals surface area contributed by atoms with Gasteiger partial charge in [0, 0.05) is 13.1 Å². The summed E-state index contributed by atoms with van der Waals surface area (Å²) in [6.45, 7) is 0. The third-order valence-corrected chi connectivity index (χ3v) is 3.98. The number of aromatic nitrogens is 1. The Morgan fingerprint density at radius 1 is 1.10 bits per heavy atom. The molecule has 6 heteroatoms. The van der Waals surface area contributed by atoms with Crippen molar-refractivity contribution in [3.63, 3.8) is 0 Å². The lowest BCUT2D eigenvalue weighted by molar-refractivity contribution is -0.137. The summed E-state index contributed by atoms with van der Waals surface area (Å²) in [7, 11) is 1.57. The third-order valence-electron chi connectivity index (χ3n) is 3.98. The molecular formula is C14H18F3N3. The molecule has 0 atom stereocenters. The Balaban J connectivity index is 1.83. The Morgan fingerprint density at radius 3 is 2.10 bits per heavy atom. The summed E-state index contributed by atoms with van der Waals surface area (Å²) in [5.74, 6) is 1.79. The minimum absolute atomic E-state index is 0.243. The second-order valence-electron chi connectivity index (χ2n) is 5.72. The molecule has 2 saturated carbocycles. The van der Waals surface area contributed by atoms with Crippen molar-refractivity contribution >= 4 is 11.6 Å². The van der Waals surface area contributed by atoms with Crippen LogP contribution in [-0.2, 0) is 6.18 Å². The van der Waals surface area contributed by atoms with Gasteiger partial charge in [-0.05, 0) is 49.7 Å². The first kappa shape index (κ1) is 13.5. The molecule has 0 spiro atoms. The topological polar surface area (TPSA) is 37.0 Å². The van der Waals surface area contributed by atoms with Gasteiger partial charge >= 0.3 is 6.18 Å². The first-order chi connectivity index (χ1) is 9.47. The van der Waals surface area contributed by atoms with Crippen molar-refractivity contribution < 1.29 is 13.2 Å². The van der Waals surface area contributed by atoms with E-state index in [1.165, 1.54) is 25.7 Å². The number of hydrogen-bond donors (Lipinski definition) is 2. The number of alkyl halides is 3. The Morgan fingerprint density at radius 2 is 1.65 bits per heavy atom.